The summed E-state index contributed by atoms with van der Waals surface area (Å²) in [7, 11) is 0. The van der Waals surface area contributed by atoms with Gasteiger partial charge < -0.3 is 72.0 Å². The number of nitrogens with one attached hydrogen (secondary N) is 4. The summed E-state index contributed by atoms with van der Waals surface area (Å²) >= 11 is 0. The second kappa shape index (κ2) is 20.4. The molecule has 0 aromatic heterocycles. The molecule has 0 unspecified atom stereocenters. The van der Waals surface area contributed by atoms with Gasteiger partial charge in [-0.15, -0.1) is 0 Å². The van der Waals surface area contributed by atoms with Crippen molar-refractivity contribution in [2.24, 2.45) is 11.5 Å². The number of benzene rings is 2. The molecule has 3 heterocycles. The van der Waals surface area contributed by atoms with E-state index in [0.29, 0.717) is 78.5 Å². The van der Waals surface area contributed by atoms with Crippen LogP contribution in [-0.4, -0.2) is 156 Å². The Hall–Kier alpha value is -5.38. The lowest BCUT2D eigenvalue weighted by atomic mass is 10.1. The Kier molecular flexibility index (Phi) is 15.3. The van der Waals surface area contributed by atoms with Gasteiger partial charge in [-0.25, -0.2) is 9.59 Å². The second-order valence-electron chi connectivity index (χ2n) is 14.3. The van der Waals surface area contributed by atoms with Gasteiger partial charge in [-0.3, -0.25) is 19.2 Å². The third-order valence-corrected chi connectivity index (χ3v) is 10.2. The van der Waals surface area contributed by atoms with E-state index < -0.39 is 36.6 Å². The topological polar surface area (TPSA) is 274 Å². The molecular weight excluding hydrogens is 756 g/mol. The van der Waals surface area contributed by atoms with Gasteiger partial charge in [-0.05, 0) is 22.3 Å². The van der Waals surface area contributed by atoms with Crippen LogP contribution in [0.3, 0.4) is 0 Å². The summed E-state index contributed by atoms with van der Waals surface area (Å²) in [5, 5.41) is 32.0. The van der Waals surface area contributed by atoms with E-state index in [4.69, 9.17) is 20.9 Å². The number of urea groups is 2. The van der Waals surface area contributed by atoms with E-state index in [-0.39, 0.29) is 49.8 Å². The number of ether oxygens (including phenoxy) is 2. The Morgan fingerprint density at radius 1 is 0.517 bits per heavy atom. The molecule has 10 N–H and O–H groups in total. The monoisotopic (exact) mass is 810 g/mol. The van der Waals surface area contributed by atoms with E-state index in [1.165, 1.54) is 0 Å². The Labute approximate surface area is 336 Å². The van der Waals surface area contributed by atoms with Crippen LogP contribution in [-0.2, 0) is 54.8 Å². The van der Waals surface area contributed by atoms with Gasteiger partial charge in [0, 0.05) is 104 Å². The van der Waals surface area contributed by atoms with Crippen LogP contribution in [0.4, 0.5) is 9.59 Å². The minimum atomic E-state index is -2.54. The molecule has 20 heteroatoms. The van der Waals surface area contributed by atoms with Crippen LogP contribution < -0.4 is 32.7 Å². The molecule has 0 spiro atoms. The van der Waals surface area contributed by atoms with Crippen LogP contribution in [0.5, 0.6) is 0 Å². The Balaban J connectivity index is 0.924. The van der Waals surface area contributed by atoms with Crippen LogP contribution in [0.25, 0.3) is 0 Å². The number of hydrogen-bond acceptors (Lipinski definition) is 12. The fourth-order valence-corrected chi connectivity index (χ4v) is 6.42. The molecule has 0 aliphatic carbocycles. The highest BCUT2D eigenvalue weighted by Gasteiger charge is 2.51. The van der Waals surface area contributed by atoms with Gasteiger partial charge in [0.15, 0.2) is 0 Å². The Morgan fingerprint density at radius 2 is 0.828 bits per heavy atom. The lowest BCUT2D eigenvalue weighted by Crippen LogP contribution is -2.64. The van der Waals surface area contributed by atoms with E-state index in [9.17, 15) is 39.0 Å². The van der Waals surface area contributed by atoms with Crippen molar-refractivity contribution in [3.8, 4) is 0 Å². The third kappa shape index (κ3) is 11.8. The standard InChI is InChI=1S/C38H54N10O10/c39-21-27-1-5-29(6-2-27)23-43-35(53)47-17-13-45(14-18-47)31(49)9-11-41-33(51)37(55)25-58-38(56,26-57-37)34(52)42-12-10-32(50)46-15-19-48(20-16-46)36(54)44-24-30-7-3-28(22-40)4-8-30/h1-8,55-56H,9-26,39-40H2,(H,41,51)(H,42,52)(H,43,53)(H,44,54)/t37-,38-/m1/s1. The maximum atomic E-state index is 12.8. The van der Waals surface area contributed by atoms with E-state index in [0.717, 1.165) is 22.3 Å². The number of carbonyl (C=O) groups is 6. The van der Waals surface area contributed by atoms with Crippen LogP contribution in [0.15, 0.2) is 48.5 Å². The van der Waals surface area contributed by atoms with Gasteiger partial charge in [0.1, 0.15) is 13.2 Å². The first-order valence-corrected chi connectivity index (χ1v) is 19.3. The Morgan fingerprint density at radius 3 is 1.14 bits per heavy atom. The number of rotatable bonds is 14. The highest BCUT2D eigenvalue weighted by atomic mass is 16.7. The lowest BCUT2D eigenvalue weighted by Gasteiger charge is -2.38. The third-order valence-electron chi connectivity index (χ3n) is 10.2. The molecule has 0 saturated carbocycles. The molecule has 5 rings (SSSR count). The van der Waals surface area contributed by atoms with Crippen LogP contribution >= 0.6 is 0 Å². The fourth-order valence-electron chi connectivity index (χ4n) is 6.42. The minimum absolute atomic E-state index is 0.0879. The molecular formula is C38H54N10O10. The highest BCUT2D eigenvalue weighted by molar-refractivity contribution is 5.87. The predicted octanol–water partition coefficient (Wildman–Crippen LogP) is -2.55. The van der Waals surface area contributed by atoms with Gasteiger partial charge in [0.05, 0.1) is 0 Å². The van der Waals surface area contributed by atoms with Gasteiger partial charge in [0.2, 0.25) is 11.8 Å². The molecule has 20 nitrogen and oxygen atoms in total. The number of amides is 8. The SMILES string of the molecule is NCc1ccc(CNC(=O)N2CCN(C(=O)CCNC(=O)[C@@]3(O)CO[C@@](O)(C(=O)NCCC(=O)N4CCN(C(=O)NCc5ccc(CN)cc5)CC4)CO3)CC2)cc1. The predicted molar refractivity (Wildman–Crippen MR) is 207 cm³/mol. The van der Waals surface area contributed by atoms with Crippen molar-refractivity contribution >= 4 is 35.7 Å². The average Bonchev–Trinajstić information content (AvgIpc) is 3.26. The normalized spacial score (nSPS) is 20.9. The van der Waals surface area contributed by atoms with Crippen molar-refractivity contribution in [3.05, 3.63) is 70.8 Å². The van der Waals surface area contributed by atoms with Gasteiger partial charge in [0.25, 0.3) is 23.4 Å². The fraction of sp³-hybridized carbons (Fsp3) is 0.526. The van der Waals surface area contributed by atoms with Crippen molar-refractivity contribution in [2.75, 3.05) is 78.7 Å². The largest absolute Gasteiger partial charge is 0.356 e. The molecule has 2 aromatic rings. The molecule has 2 aromatic carbocycles. The number of hydrogen-bond donors (Lipinski definition) is 8. The zero-order chi connectivity index (χ0) is 41.7. The second-order valence-corrected chi connectivity index (χ2v) is 14.3. The number of nitrogens with two attached hydrogens (primary N) is 2. The maximum absolute atomic E-state index is 12.8. The molecule has 2 atom stereocenters. The van der Waals surface area contributed by atoms with Gasteiger partial charge in [-0.1, -0.05) is 48.5 Å². The zero-order valence-electron chi connectivity index (χ0n) is 32.5. The quantitative estimate of drug-likeness (QED) is 0.0980. The van der Waals surface area contributed by atoms with E-state index in [1.807, 2.05) is 48.5 Å². The maximum Gasteiger partial charge on any atom is 0.317 e. The van der Waals surface area contributed by atoms with Crippen molar-refractivity contribution in [1.82, 2.24) is 40.9 Å². The average molecular weight is 811 g/mol. The van der Waals surface area contributed by atoms with Crippen molar-refractivity contribution in [3.63, 3.8) is 0 Å². The van der Waals surface area contributed by atoms with Crippen molar-refractivity contribution in [2.45, 2.75) is 50.6 Å². The number of piperazine rings is 2. The van der Waals surface area contributed by atoms with E-state index in [2.05, 4.69) is 21.3 Å². The summed E-state index contributed by atoms with van der Waals surface area (Å²) in [4.78, 5) is 82.7. The molecule has 3 saturated heterocycles. The zero-order valence-corrected chi connectivity index (χ0v) is 32.5. The first kappa shape index (κ1) is 43.7. The van der Waals surface area contributed by atoms with E-state index >= 15 is 0 Å². The molecule has 316 valence electrons. The van der Waals surface area contributed by atoms with Crippen LogP contribution in [0, 0.1) is 0 Å². The number of aliphatic hydroxyl groups is 2. The van der Waals surface area contributed by atoms with Crippen molar-refractivity contribution in [1.29, 1.82) is 0 Å². The summed E-state index contributed by atoms with van der Waals surface area (Å²) in [6, 6.07) is 14.8. The minimum Gasteiger partial charge on any atom is -0.356 e. The van der Waals surface area contributed by atoms with Gasteiger partial charge in [-0.2, -0.15) is 0 Å². The number of nitrogens with zero attached hydrogens (tertiary/aromatic N) is 4. The molecule has 0 bridgehead atoms. The summed E-state index contributed by atoms with van der Waals surface area (Å²) < 4.78 is 10.4. The smallest absolute Gasteiger partial charge is 0.317 e. The first-order chi connectivity index (χ1) is 27.8. The lowest BCUT2D eigenvalue weighted by molar-refractivity contribution is -0.338. The summed E-state index contributed by atoms with van der Waals surface area (Å²) in [5.74, 6) is -7.64. The highest BCUT2D eigenvalue weighted by Crippen LogP contribution is 2.23. The van der Waals surface area contributed by atoms with Crippen LogP contribution in [0.2, 0.25) is 0 Å². The molecule has 58 heavy (non-hydrogen) atoms. The molecule has 3 aliphatic rings. The molecule has 3 aliphatic heterocycles. The van der Waals surface area contributed by atoms with Crippen LogP contribution in [0.1, 0.15) is 35.1 Å². The summed E-state index contributed by atoms with van der Waals surface area (Å²) in [6.07, 6.45) is -0.176. The van der Waals surface area contributed by atoms with Gasteiger partial charge >= 0.3 is 12.1 Å². The molecule has 3 fully saturated rings. The van der Waals surface area contributed by atoms with E-state index in [1.54, 1.807) is 19.6 Å². The molecule has 0 radical (unpaired) electrons. The summed E-state index contributed by atoms with van der Waals surface area (Å²) in [5.41, 5.74) is 15.1. The summed E-state index contributed by atoms with van der Waals surface area (Å²) in [6.45, 7) is 2.11. The first-order valence-electron chi connectivity index (χ1n) is 19.3. The van der Waals surface area contributed by atoms with Crippen molar-refractivity contribution < 1.29 is 48.5 Å². The molecule has 8 amide bonds. The number of carbonyl (C=O) groups excluding carboxylic acids is 6. The Bertz CT molecular complexity index is 1610.